The van der Waals surface area contributed by atoms with Crippen molar-refractivity contribution in [3.8, 4) is 17.6 Å². The monoisotopic (exact) mass is 438 g/mol. The maximum atomic E-state index is 14.4. The summed E-state index contributed by atoms with van der Waals surface area (Å²) in [5, 5.41) is 0. The first-order valence-corrected chi connectivity index (χ1v) is 12.3. The molecule has 3 heteroatoms. The molecule has 0 bridgehead atoms. The molecule has 0 spiro atoms. The first-order chi connectivity index (χ1) is 15.6. The summed E-state index contributed by atoms with van der Waals surface area (Å²) >= 11 is 0. The number of hydrogen-bond acceptors (Lipinski definition) is 1. The van der Waals surface area contributed by atoms with E-state index in [4.69, 9.17) is 4.74 Å². The summed E-state index contributed by atoms with van der Waals surface area (Å²) in [6.07, 6.45) is 12.1. The van der Waals surface area contributed by atoms with Gasteiger partial charge in [0.25, 0.3) is 0 Å². The lowest BCUT2D eigenvalue weighted by Gasteiger charge is -2.28. The summed E-state index contributed by atoms with van der Waals surface area (Å²) in [5.74, 6) is 5.34. The van der Waals surface area contributed by atoms with E-state index in [0.29, 0.717) is 12.5 Å². The Labute approximate surface area is 192 Å². The molecule has 1 nitrogen and oxygen atoms in total. The number of halogens is 2. The van der Waals surface area contributed by atoms with Crippen molar-refractivity contribution < 1.29 is 13.5 Å². The molecule has 172 valence electrons. The van der Waals surface area contributed by atoms with Gasteiger partial charge in [0.2, 0.25) is 5.82 Å². The van der Waals surface area contributed by atoms with Crippen LogP contribution in [-0.2, 0) is 0 Å². The molecule has 0 atom stereocenters. The number of hydrogen-bond donors (Lipinski definition) is 0. The minimum Gasteiger partial charge on any atom is -0.490 e. The molecule has 1 saturated carbocycles. The van der Waals surface area contributed by atoms with Gasteiger partial charge in [0.1, 0.15) is 0 Å². The van der Waals surface area contributed by atoms with Crippen molar-refractivity contribution in [2.24, 2.45) is 5.92 Å². The van der Waals surface area contributed by atoms with Gasteiger partial charge in [-0.15, -0.1) is 0 Å². The predicted molar refractivity (Wildman–Crippen MR) is 128 cm³/mol. The van der Waals surface area contributed by atoms with E-state index in [1.54, 1.807) is 0 Å². The van der Waals surface area contributed by atoms with Gasteiger partial charge in [-0.05, 0) is 73.8 Å². The first kappa shape index (κ1) is 24.3. The van der Waals surface area contributed by atoms with Gasteiger partial charge in [0.05, 0.1) is 12.2 Å². The molecule has 1 aliphatic carbocycles. The fourth-order valence-corrected chi connectivity index (χ4v) is 4.53. The molecule has 3 rings (SSSR count). The zero-order valence-electron chi connectivity index (χ0n) is 19.6. The molecule has 0 unspecified atom stereocenters. The van der Waals surface area contributed by atoms with E-state index in [-0.39, 0.29) is 11.3 Å². The normalized spacial score (nSPS) is 18.1. The zero-order chi connectivity index (χ0) is 22.8. The van der Waals surface area contributed by atoms with Crippen molar-refractivity contribution in [1.29, 1.82) is 0 Å². The highest BCUT2D eigenvalue weighted by Crippen LogP contribution is 2.37. The largest absolute Gasteiger partial charge is 0.490 e. The Morgan fingerprint density at radius 3 is 2.22 bits per heavy atom. The standard InChI is InChI=1S/C29H36F2O/c1-3-5-7-21-32-27-20-19-26(28(30)29(27)31)18-13-23-11-16-25(17-12-23)24-14-9-22(10-15-24)8-6-4-2/h11-12,16-17,19-20,22,24H,3-10,14-15,21H2,1-2H3. The molecule has 1 fully saturated rings. The van der Waals surface area contributed by atoms with Crippen molar-refractivity contribution in [2.45, 2.75) is 84.0 Å². The van der Waals surface area contributed by atoms with E-state index >= 15 is 0 Å². The third kappa shape index (κ3) is 6.83. The Morgan fingerprint density at radius 1 is 0.812 bits per heavy atom. The van der Waals surface area contributed by atoms with Crippen LogP contribution >= 0.6 is 0 Å². The number of rotatable bonds is 9. The van der Waals surface area contributed by atoms with Gasteiger partial charge >= 0.3 is 0 Å². The van der Waals surface area contributed by atoms with Crippen molar-refractivity contribution >= 4 is 0 Å². The molecule has 0 aromatic heterocycles. The molecule has 0 N–H and O–H groups in total. The van der Waals surface area contributed by atoms with E-state index in [2.05, 4.69) is 37.8 Å². The Morgan fingerprint density at radius 2 is 1.53 bits per heavy atom. The molecule has 2 aromatic carbocycles. The lowest BCUT2D eigenvalue weighted by atomic mass is 9.77. The fourth-order valence-electron chi connectivity index (χ4n) is 4.53. The summed E-state index contributed by atoms with van der Waals surface area (Å²) in [4.78, 5) is 0. The topological polar surface area (TPSA) is 9.23 Å². The van der Waals surface area contributed by atoms with Crippen LogP contribution in [-0.4, -0.2) is 6.61 Å². The van der Waals surface area contributed by atoms with Gasteiger partial charge < -0.3 is 4.74 Å². The smallest absolute Gasteiger partial charge is 0.201 e. The summed E-state index contributed by atoms with van der Waals surface area (Å²) in [6.45, 7) is 4.74. The van der Waals surface area contributed by atoms with E-state index in [1.165, 1.54) is 62.6 Å². The third-order valence-electron chi connectivity index (χ3n) is 6.59. The maximum absolute atomic E-state index is 14.4. The van der Waals surface area contributed by atoms with Crippen LogP contribution in [0.25, 0.3) is 0 Å². The second-order valence-corrected chi connectivity index (χ2v) is 9.03. The highest BCUT2D eigenvalue weighted by atomic mass is 19.2. The molecule has 32 heavy (non-hydrogen) atoms. The average molecular weight is 439 g/mol. The molecule has 0 heterocycles. The number of unbranched alkanes of at least 4 members (excludes halogenated alkanes) is 3. The van der Waals surface area contributed by atoms with E-state index in [0.717, 1.165) is 30.7 Å². The second kappa shape index (κ2) is 12.6. The lowest BCUT2D eigenvalue weighted by molar-refractivity contribution is 0.286. The minimum atomic E-state index is -0.960. The Bertz CT molecular complexity index is 899. The molecule has 0 radical (unpaired) electrons. The minimum absolute atomic E-state index is 0.0436. The van der Waals surface area contributed by atoms with Crippen molar-refractivity contribution in [3.63, 3.8) is 0 Å². The Hall–Kier alpha value is -2.34. The molecule has 2 aromatic rings. The predicted octanol–water partition coefficient (Wildman–Crippen LogP) is 8.40. The van der Waals surface area contributed by atoms with Crippen LogP contribution in [0.2, 0.25) is 0 Å². The van der Waals surface area contributed by atoms with E-state index < -0.39 is 11.6 Å². The second-order valence-electron chi connectivity index (χ2n) is 9.03. The van der Waals surface area contributed by atoms with Gasteiger partial charge in [0.15, 0.2) is 11.6 Å². The first-order valence-electron chi connectivity index (χ1n) is 12.3. The van der Waals surface area contributed by atoms with Crippen LogP contribution in [0.1, 0.15) is 101 Å². The van der Waals surface area contributed by atoms with Gasteiger partial charge in [-0.3, -0.25) is 0 Å². The molecule has 1 aliphatic rings. The zero-order valence-corrected chi connectivity index (χ0v) is 19.6. The maximum Gasteiger partial charge on any atom is 0.201 e. The quantitative estimate of drug-likeness (QED) is 0.282. The third-order valence-corrected chi connectivity index (χ3v) is 6.59. The molecular weight excluding hydrogens is 402 g/mol. The fraction of sp³-hybridized carbons (Fsp3) is 0.517. The van der Waals surface area contributed by atoms with Crippen LogP contribution in [0.15, 0.2) is 36.4 Å². The summed E-state index contributed by atoms with van der Waals surface area (Å²) < 4.78 is 34.1. The molecule has 0 saturated heterocycles. The van der Waals surface area contributed by atoms with Crippen molar-refractivity contribution in [3.05, 3.63) is 64.7 Å². The van der Waals surface area contributed by atoms with Crippen LogP contribution in [0.3, 0.4) is 0 Å². The molecular formula is C29H36F2O. The van der Waals surface area contributed by atoms with Gasteiger partial charge in [-0.25, -0.2) is 4.39 Å². The van der Waals surface area contributed by atoms with E-state index in [1.807, 2.05) is 12.1 Å². The highest BCUT2D eigenvalue weighted by molar-refractivity contribution is 5.46. The van der Waals surface area contributed by atoms with Crippen LogP contribution in [0, 0.1) is 29.4 Å². The van der Waals surface area contributed by atoms with Gasteiger partial charge in [0, 0.05) is 5.56 Å². The Kier molecular flexibility index (Phi) is 9.60. The van der Waals surface area contributed by atoms with Crippen LogP contribution in [0.4, 0.5) is 8.78 Å². The average Bonchev–Trinajstić information content (AvgIpc) is 2.83. The van der Waals surface area contributed by atoms with Crippen LogP contribution in [0.5, 0.6) is 5.75 Å². The number of ether oxygens (including phenoxy) is 1. The van der Waals surface area contributed by atoms with Crippen LogP contribution < -0.4 is 4.74 Å². The summed E-state index contributed by atoms with van der Waals surface area (Å²) in [5.41, 5.74) is 2.23. The number of benzene rings is 2. The molecule has 0 amide bonds. The lowest BCUT2D eigenvalue weighted by Crippen LogP contribution is -2.13. The summed E-state index contributed by atoms with van der Waals surface area (Å²) in [7, 11) is 0. The van der Waals surface area contributed by atoms with Gasteiger partial charge in [-0.1, -0.05) is 69.9 Å². The van der Waals surface area contributed by atoms with Crippen molar-refractivity contribution in [1.82, 2.24) is 0 Å². The van der Waals surface area contributed by atoms with Gasteiger partial charge in [-0.2, -0.15) is 4.39 Å². The Balaban J connectivity index is 1.58. The van der Waals surface area contributed by atoms with Crippen molar-refractivity contribution in [2.75, 3.05) is 6.61 Å². The highest BCUT2D eigenvalue weighted by Gasteiger charge is 2.21. The molecule has 0 aliphatic heterocycles. The summed E-state index contributed by atoms with van der Waals surface area (Å²) in [6, 6.07) is 11.2. The van der Waals surface area contributed by atoms with E-state index in [9.17, 15) is 8.78 Å². The SMILES string of the molecule is CCCCCOc1ccc(C#Cc2ccc(C3CCC(CCCC)CC3)cc2)c(F)c1F.